The molecule has 0 unspecified atom stereocenters. The van der Waals surface area contributed by atoms with E-state index < -0.39 is 10.0 Å². The molecule has 6 nitrogen and oxygen atoms in total. The Morgan fingerprint density at radius 2 is 1.79 bits per heavy atom. The summed E-state index contributed by atoms with van der Waals surface area (Å²) < 4.78 is 27.8. The van der Waals surface area contributed by atoms with Crippen molar-refractivity contribution in [2.24, 2.45) is 4.40 Å². The molecule has 1 amide bonds. The minimum atomic E-state index is -3.56. The molecule has 2 aliphatic rings. The fourth-order valence-electron chi connectivity index (χ4n) is 3.30. The third kappa shape index (κ3) is 3.36. The lowest BCUT2D eigenvalue weighted by Crippen LogP contribution is -2.42. The minimum absolute atomic E-state index is 0.0605. The number of benzene rings is 2. The highest BCUT2D eigenvalue weighted by molar-refractivity contribution is 7.90. The van der Waals surface area contributed by atoms with Gasteiger partial charge in [-0.2, -0.15) is 0 Å². The molecular weight excluding hydrogens is 374 g/mol. The molecule has 0 aliphatic carbocycles. The molecule has 4 rings (SSSR count). The summed E-state index contributed by atoms with van der Waals surface area (Å²) in [5, 5.41) is 0. The molecular formula is C21H19N3O3S. The number of rotatable bonds is 3. The number of para-hydroxylation sites is 1. The van der Waals surface area contributed by atoms with Gasteiger partial charge in [-0.3, -0.25) is 4.79 Å². The summed E-state index contributed by atoms with van der Waals surface area (Å²) in [7, 11) is -1.87. The molecule has 0 atom stereocenters. The zero-order valence-corrected chi connectivity index (χ0v) is 16.1. The molecule has 0 saturated carbocycles. The molecule has 2 aromatic carbocycles. The van der Waals surface area contributed by atoms with Gasteiger partial charge in [0, 0.05) is 25.4 Å². The molecule has 142 valence electrons. The molecule has 0 N–H and O–H groups in total. The van der Waals surface area contributed by atoms with Gasteiger partial charge in [0.15, 0.2) is 5.84 Å². The van der Waals surface area contributed by atoms with Crippen molar-refractivity contribution in [2.45, 2.75) is 0 Å². The van der Waals surface area contributed by atoms with E-state index in [4.69, 9.17) is 0 Å². The number of likely N-dealkylation sites (N-methyl/N-ethyl adjacent to an activating group) is 1. The third-order valence-corrected chi connectivity index (χ3v) is 5.89. The molecule has 2 aliphatic heterocycles. The summed E-state index contributed by atoms with van der Waals surface area (Å²) in [4.78, 5) is 16.5. The number of hydrogen-bond donors (Lipinski definition) is 0. The number of allylic oxidation sites excluding steroid dienone is 2. The lowest BCUT2D eigenvalue weighted by Gasteiger charge is -2.30. The van der Waals surface area contributed by atoms with E-state index in [0.29, 0.717) is 0 Å². The molecule has 2 aromatic rings. The van der Waals surface area contributed by atoms with Gasteiger partial charge < -0.3 is 9.80 Å². The Kier molecular flexibility index (Phi) is 4.60. The maximum Gasteiger partial charge on any atom is 0.261 e. The van der Waals surface area contributed by atoms with Gasteiger partial charge in [-0.15, -0.1) is 4.40 Å². The quantitative estimate of drug-likeness (QED) is 0.804. The van der Waals surface area contributed by atoms with Crippen LogP contribution in [0.15, 0.2) is 82.9 Å². The average molecular weight is 393 g/mol. The Bertz CT molecular complexity index is 1120. The van der Waals surface area contributed by atoms with Crippen LogP contribution in [0.3, 0.4) is 0 Å². The van der Waals surface area contributed by atoms with Crippen LogP contribution in [0.5, 0.6) is 0 Å². The van der Waals surface area contributed by atoms with Gasteiger partial charge in [0.25, 0.3) is 15.9 Å². The van der Waals surface area contributed by atoms with E-state index >= 15 is 0 Å². The Hall–Kier alpha value is -3.19. The zero-order valence-electron chi connectivity index (χ0n) is 15.3. The Labute approximate surface area is 164 Å². The number of carbonyl (C=O) groups excluding carboxylic acids is 1. The largest absolute Gasteiger partial charge is 0.331 e. The smallest absolute Gasteiger partial charge is 0.261 e. The molecule has 0 saturated heterocycles. The molecule has 0 aromatic heterocycles. The van der Waals surface area contributed by atoms with E-state index in [1.807, 2.05) is 54.6 Å². The van der Waals surface area contributed by atoms with E-state index in [-0.39, 0.29) is 29.6 Å². The first-order valence-electron chi connectivity index (χ1n) is 8.87. The standard InChI is InChI=1S/C21H19N3O3S/c1-23(19-12-6-5-10-17(19)16-8-3-2-4-9-16)21(25)18-11-7-13-24-14-15-28(26,27)22-20(18)24/h2-13H,14-15H2,1H3. The van der Waals surface area contributed by atoms with Gasteiger partial charge in [0.1, 0.15) is 0 Å². The Balaban J connectivity index is 1.73. The monoisotopic (exact) mass is 393 g/mol. The number of hydrogen-bond acceptors (Lipinski definition) is 4. The highest BCUT2D eigenvalue weighted by atomic mass is 32.2. The highest BCUT2D eigenvalue weighted by Gasteiger charge is 2.32. The van der Waals surface area contributed by atoms with E-state index in [2.05, 4.69) is 4.40 Å². The highest BCUT2D eigenvalue weighted by Crippen LogP contribution is 2.31. The topological polar surface area (TPSA) is 70.1 Å². The van der Waals surface area contributed by atoms with E-state index in [1.54, 1.807) is 30.3 Å². The summed E-state index contributed by atoms with van der Waals surface area (Å²) in [6.45, 7) is 0.284. The average Bonchev–Trinajstić information content (AvgIpc) is 2.72. The second-order valence-corrected chi connectivity index (χ2v) is 8.32. The Morgan fingerprint density at radius 3 is 2.57 bits per heavy atom. The predicted molar refractivity (Wildman–Crippen MR) is 110 cm³/mol. The van der Waals surface area contributed by atoms with Crippen LogP contribution in [0.25, 0.3) is 11.1 Å². The van der Waals surface area contributed by atoms with Crippen molar-refractivity contribution >= 4 is 27.5 Å². The number of nitrogens with zero attached hydrogens (tertiary/aromatic N) is 3. The van der Waals surface area contributed by atoms with E-state index in [0.717, 1.165) is 16.8 Å². The van der Waals surface area contributed by atoms with Crippen molar-refractivity contribution in [1.29, 1.82) is 0 Å². The number of amidine groups is 1. The molecule has 7 heteroatoms. The van der Waals surface area contributed by atoms with Crippen LogP contribution in [0.2, 0.25) is 0 Å². The number of carbonyl (C=O) groups is 1. The molecule has 0 spiro atoms. The number of sulfonamides is 1. The van der Waals surface area contributed by atoms with Crippen LogP contribution in [-0.2, 0) is 14.8 Å². The normalized spacial score (nSPS) is 17.4. The fourth-order valence-corrected chi connectivity index (χ4v) is 4.29. The number of fused-ring (bicyclic) bond motifs is 1. The van der Waals surface area contributed by atoms with Crippen molar-refractivity contribution in [1.82, 2.24) is 4.90 Å². The van der Waals surface area contributed by atoms with Gasteiger partial charge in [0.2, 0.25) is 0 Å². The summed E-state index contributed by atoms with van der Waals surface area (Å²) >= 11 is 0. The molecule has 0 fully saturated rings. The van der Waals surface area contributed by atoms with Crippen LogP contribution in [0.4, 0.5) is 5.69 Å². The maximum absolute atomic E-state index is 13.3. The van der Waals surface area contributed by atoms with E-state index in [1.165, 1.54) is 4.90 Å². The maximum atomic E-state index is 13.3. The molecule has 2 heterocycles. The van der Waals surface area contributed by atoms with Gasteiger partial charge in [-0.25, -0.2) is 8.42 Å². The molecule has 28 heavy (non-hydrogen) atoms. The summed E-state index contributed by atoms with van der Waals surface area (Å²) in [6.07, 6.45) is 5.09. The zero-order chi connectivity index (χ0) is 19.7. The fraction of sp³-hybridized carbons (Fsp3) is 0.143. The van der Waals surface area contributed by atoms with Crippen LogP contribution in [0, 0.1) is 0 Å². The van der Waals surface area contributed by atoms with Gasteiger partial charge in [-0.05, 0) is 23.8 Å². The van der Waals surface area contributed by atoms with Crippen molar-refractivity contribution < 1.29 is 13.2 Å². The molecule has 0 radical (unpaired) electrons. The second kappa shape index (κ2) is 7.09. The first kappa shape index (κ1) is 18.2. The predicted octanol–water partition coefficient (Wildman–Crippen LogP) is 2.81. The lowest BCUT2D eigenvalue weighted by molar-refractivity contribution is -0.114. The van der Waals surface area contributed by atoms with E-state index in [9.17, 15) is 13.2 Å². The molecule has 0 bridgehead atoms. The van der Waals surface area contributed by atoms with Crippen molar-refractivity contribution in [3.63, 3.8) is 0 Å². The number of amides is 1. The van der Waals surface area contributed by atoms with Gasteiger partial charge in [0.05, 0.1) is 17.0 Å². The third-order valence-electron chi connectivity index (χ3n) is 4.74. The first-order valence-corrected chi connectivity index (χ1v) is 10.5. The van der Waals surface area contributed by atoms with Crippen molar-refractivity contribution in [3.05, 3.63) is 78.5 Å². The van der Waals surface area contributed by atoms with Crippen molar-refractivity contribution in [2.75, 3.05) is 24.2 Å². The van der Waals surface area contributed by atoms with Crippen molar-refractivity contribution in [3.8, 4) is 11.1 Å². The van der Waals surface area contributed by atoms with Crippen LogP contribution < -0.4 is 4.90 Å². The van der Waals surface area contributed by atoms with Gasteiger partial charge >= 0.3 is 0 Å². The van der Waals surface area contributed by atoms with Crippen LogP contribution in [0.1, 0.15) is 0 Å². The first-order chi connectivity index (χ1) is 13.5. The number of anilines is 1. The summed E-state index contributed by atoms with van der Waals surface area (Å²) in [5.41, 5.74) is 2.91. The second-order valence-electron chi connectivity index (χ2n) is 6.56. The van der Waals surface area contributed by atoms with Crippen LogP contribution >= 0.6 is 0 Å². The van der Waals surface area contributed by atoms with Crippen LogP contribution in [-0.4, -0.2) is 44.4 Å². The summed E-state index contributed by atoms with van der Waals surface area (Å²) in [5.74, 6) is -0.189. The Morgan fingerprint density at radius 1 is 1.07 bits per heavy atom. The lowest BCUT2D eigenvalue weighted by atomic mass is 10.0. The summed E-state index contributed by atoms with van der Waals surface area (Å²) in [6, 6.07) is 17.4. The van der Waals surface area contributed by atoms with Gasteiger partial charge in [-0.1, -0.05) is 48.5 Å². The SMILES string of the molecule is CN(C(=O)C1=CC=CN2CCS(=O)(=O)N=C12)c1ccccc1-c1ccccc1. The minimum Gasteiger partial charge on any atom is -0.331 e.